The van der Waals surface area contributed by atoms with E-state index in [1.54, 1.807) is 17.4 Å². The van der Waals surface area contributed by atoms with Gasteiger partial charge in [0.15, 0.2) is 0 Å². The lowest BCUT2D eigenvalue weighted by Gasteiger charge is -2.35. The molecule has 209 valence electrons. The highest BCUT2D eigenvalue weighted by atomic mass is 19.4. The van der Waals surface area contributed by atoms with E-state index < -0.39 is 23.6 Å². The molecule has 1 aromatic carbocycles. The molecule has 1 aliphatic carbocycles. The Morgan fingerprint density at radius 1 is 1.18 bits per heavy atom. The van der Waals surface area contributed by atoms with Crippen molar-refractivity contribution in [1.29, 1.82) is 0 Å². The Hall–Kier alpha value is -3.56. The maximum absolute atomic E-state index is 14.3. The Balaban J connectivity index is 1.33. The molecule has 1 saturated heterocycles. The number of alkyl halides is 3. The maximum atomic E-state index is 14.3. The quantitative estimate of drug-likeness (QED) is 0.444. The molecule has 0 N–H and O–H groups in total. The molecule has 1 aromatic rings. The van der Waals surface area contributed by atoms with Crippen molar-refractivity contribution in [3.05, 3.63) is 76.8 Å². The highest BCUT2D eigenvalue weighted by molar-refractivity contribution is 5.93. The Bertz CT molecular complexity index is 1390. The van der Waals surface area contributed by atoms with Crippen LogP contribution in [0.25, 0.3) is 0 Å². The van der Waals surface area contributed by atoms with Crippen LogP contribution in [0.2, 0.25) is 0 Å². The number of nitrogens with zero attached hydrogens (tertiary/aromatic N) is 5. The highest BCUT2D eigenvalue weighted by Crippen LogP contribution is 2.48. The molecular weight excluding hydrogens is 519 g/mol. The van der Waals surface area contributed by atoms with Gasteiger partial charge in [-0.1, -0.05) is 30.7 Å². The second-order valence-corrected chi connectivity index (χ2v) is 11.4. The minimum atomic E-state index is -4.63. The van der Waals surface area contributed by atoms with Crippen LogP contribution >= 0.6 is 0 Å². The average molecular weight is 552 g/mol. The van der Waals surface area contributed by atoms with Crippen LogP contribution in [0.3, 0.4) is 0 Å². The number of piperidine rings is 1. The molecule has 1 radical (unpaired) electrons. The van der Waals surface area contributed by atoms with E-state index in [1.165, 1.54) is 24.0 Å². The summed E-state index contributed by atoms with van der Waals surface area (Å²) in [5.74, 6) is -1.20. The Labute approximate surface area is 231 Å². The summed E-state index contributed by atoms with van der Waals surface area (Å²) in [5.41, 5.74) is 1.14. The number of azo groups is 1. The van der Waals surface area contributed by atoms with Crippen molar-refractivity contribution in [2.45, 2.75) is 57.0 Å². The van der Waals surface area contributed by atoms with Gasteiger partial charge in [-0.25, -0.2) is 4.58 Å². The smallest absolute Gasteiger partial charge is 0.342 e. The van der Waals surface area contributed by atoms with Crippen molar-refractivity contribution in [3.8, 4) is 0 Å². The van der Waals surface area contributed by atoms with E-state index in [-0.39, 0.29) is 23.4 Å². The number of allylic oxidation sites excluding steroid dienone is 2. The summed E-state index contributed by atoms with van der Waals surface area (Å²) in [6, 6.07) is 7.63. The number of amides is 2. The predicted octanol–water partition coefficient (Wildman–Crippen LogP) is 5.65. The molecule has 4 heterocycles. The summed E-state index contributed by atoms with van der Waals surface area (Å²) in [6.07, 6.45) is 6.70. The first kappa shape index (κ1) is 26.7. The predicted molar refractivity (Wildman–Crippen MR) is 142 cm³/mol. The normalized spacial score (nSPS) is 26.2. The number of likely N-dealkylation sites (tertiary alicyclic amines) is 1. The van der Waals surface area contributed by atoms with E-state index in [2.05, 4.69) is 10.2 Å². The first-order valence-electron chi connectivity index (χ1n) is 13.9. The van der Waals surface area contributed by atoms with Gasteiger partial charge >= 0.3 is 18.7 Å². The molecule has 0 bridgehead atoms. The second kappa shape index (κ2) is 10.1. The fraction of sp³-hybridized carbons (Fsp3) is 0.467. The van der Waals surface area contributed by atoms with Crippen molar-refractivity contribution >= 4 is 18.2 Å². The molecule has 1 saturated carbocycles. The number of benzene rings is 1. The molecule has 0 aromatic heterocycles. The largest absolute Gasteiger partial charge is 0.418 e. The topological polar surface area (TPSA) is 68.4 Å². The number of hydrogen-bond donors (Lipinski definition) is 0. The number of hydrogen-bond acceptors (Lipinski definition) is 4. The molecule has 6 rings (SSSR count). The van der Waals surface area contributed by atoms with Crippen LogP contribution in [0.4, 0.5) is 13.2 Å². The van der Waals surface area contributed by atoms with Gasteiger partial charge in [-0.15, -0.1) is 0 Å². The molecular formula is C30H32F3N5O2+. The molecule has 5 aliphatic rings. The van der Waals surface area contributed by atoms with Gasteiger partial charge in [0.05, 0.1) is 35.3 Å². The van der Waals surface area contributed by atoms with Gasteiger partial charge in [-0.05, 0) is 65.6 Å². The minimum absolute atomic E-state index is 0.000551. The van der Waals surface area contributed by atoms with E-state index in [9.17, 15) is 22.8 Å². The SMILES string of the molecule is CC(=O)N1CCC[C@H](C2=CN3C(=O)C(c4cccc([C@H]([C]5N=NC=[N+]5C)C5CCC5)c4)C=C3C(C(F)(F)F)=C2)C1. The van der Waals surface area contributed by atoms with Gasteiger partial charge in [0.25, 0.3) is 0 Å². The van der Waals surface area contributed by atoms with Gasteiger partial charge in [-0.3, -0.25) is 14.5 Å². The zero-order valence-electron chi connectivity index (χ0n) is 22.6. The molecule has 2 amide bonds. The van der Waals surface area contributed by atoms with Crippen molar-refractivity contribution in [2.24, 2.45) is 22.1 Å². The molecule has 40 heavy (non-hydrogen) atoms. The number of carbonyl (C=O) groups is 2. The zero-order valence-corrected chi connectivity index (χ0v) is 22.6. The third-order valence-corrected chi connectivity index (χ3v) is 8.87. The Morgan fingerprint density at radius 3 is 2.62 bits per heavy atom. The minimum Gasteiger partial charge on any atom is -0.342 e. The highest BCUT2D eigenvalue weighted by Gasteiger charge is 2.47. The molecule has 2 fully saturated rings. The zero-order chi connectivity index (χ0) is 28.2. The third kappa shape index (κ3) is 4.71. The summed E-state index contributed by atoms with van der Waals surface area (Å²) in [5, 5.41) is 8.43. The van der Waals surface area contributed by atoms with Crippen molar-refractivity contribution in [2.75, 3.05) is 20.1 Å². The lowest BCUT2D eigenvalue weighted by atomic mass is 9.71. The van der Waals surface area contributed by atoms with Gasteiger partial charge in [0.1, 0.15) is 0 Å². The standard InChI is InChI=1S/C30H32F3N5O2/c1-18(39)37-11-5-10-22(15-37)23-13-25(30(31,32)33)26-14-24(29(40)38(26)16-23)20-8-4-9-21(12-20)27(19-6-3-7-19)28-35-34-17-36(28)2/h4,8-9,12-14,16-17,19,22,24,27H,3,5-7,10-11,15H2,1-2H3/q+1/t22-,24?,27+/m0/s1. The van der Waals surface area contributed by atoms with Crippen LogP contribution in [-0.2, 0) is 9.59 Å². The fourth-order valence-corrected chi connectivity index (χ4v) is 6.51. The number of rotatable bonds is 5. The molecule has 4 aliphatic heterocycles. The van der Waals surface area contributed by atoms with E-state index in [0.717, 1.165) is 31.0 Å². The monoisotopic (exact) mass is 551 g/mol. The van der Waals surface area contributed by atoms with Crippen LogP contribution in [-0.4, -0.2) is 58.8 Å². The summed E-state index contributed by atoms with van der Waals surface area (Å²) in [6.45, 7) is 2.41. The summed E-state index contributed by atoms with van der Waals surface area (Å²) >= 11 is 0. The Morgan fingerprint density at radius 2 is 1.98 bits per heavy atom. The molecule has 7 nitrogen and oxygen atoms in total. The average Bonchev–Trinajstić information content (AvgIpc) is 3.47. The van der Waals surface area contributed by atoms with Gasteiger partial charge in [-0.2, -0.15) is 13.2 Å². The molecule has 10 heteroatoms. The van der Waals surface area contributed by atoms with Crippen LogP contribution < -0.4 is 0 Å². The van der Waals surface area contributed by atoms with Crippen molar-refractivity contribution in [1.82, 2.24) is 9.80 Å². The van der Waals surface area contributed by atoms with Crippen LogP contribution in [0.5, 0.6) is 0 Å². The van der Waals surface area contributed by atoms with Crippen LogP contribution in [0.15, 0.2) is 69.7 Å². The van der Waals surface area contributed by atoms with Crippen LogP contribution in [0, 0.1) is 18.0 Å². The van der Waals surface area contributed by atoms with Crippen LogP contribution in [0.1, 0.15) is 62.0 Å². The van der Waals surface area contributed by atoms with Gasteiger partial charge in [0.2, 0.25) is 11.8 Å². The van der Waals surface area contributed by atoms with E-state index in [4.69, 9.17) is 0 Å². The van der Waals surface area contributed by atoms with Gasteiger partial charge < -0.3 is 4.90 Å². The number of carbonyl (C=O) groups excluding carboxylic acids is 2. The first-order chi connectivity index (χ1) is 19.1. The van der Waals surface area contributed by atoms with Crippen molar-refractivity contribution in [3.63, 3.8) is 0 Å². The van der Waals surface area contributed by atoms with Crippen molar-refractivity contribution < 1.29 is 27.3 Å². The molecule has 0 spiro atoms. The first-order valence-corrected chi connectivity index (χ1v) is 13.9. The van der Waals surface area contributed by atoms with E-state index in [1.807, 2.05) is 35.9 Å². The van der Waals surface area contributed by atoms with Gasteiger partial charge in [0, 0.05) is 32.1 Å². The molecule has 3 atom stereocenters. The lowest BCUT2D eigenvalue weighted by Crippen LogP contribution is -2.40. The number of likely N-dealkylation sites (N-methyl/N-ethyl adjacent to an activating group) is 1. The van der Waals surface area contributed by atoms with E-state index in [0.29, 0.717) is 43.0 Å². The fourth-order valence-electron chi connectivity index (χ4n) is 6.51. The number of halogens is 3. The lowest BCUT2D eigenvalue weighted by molar-refractivity contribution is -0.480. The van der Waals surface area contributed by atoms with E-state index >= 15 is 0 Å². The summed E-state index contributed by atoms with van der Waals surface area (Å²) in [7, 11) is 1.91. The second-order valence-electron chi connectivity index (χ2n) is 11.4. The number of fused-ring (bicyclic) bond motifs is 1. The maximum Gasteiger partial charge on any atom is 0.418 e. The third-order valence-electron chi connectivity index (χ3n) is 8.87. The summed E-state index contributed by atoms with van der Waals surface area (Å²) < 4.78 is 44.9. The summed E-state index contributed by atoms with van der Waals surface area (Å²) in [4.78, 5) is 28.5. The molecule has 1 unspecified atom stereocenters. The Kier molecular flexibility index (Phi) is 6.74.